The van der Waals surface area contributed by atoms with Gasteiger partial charge < -0.3 is 5.11 Å². The molecule has 4 rings (SSSR count). The lowest BCUT2D eigenvalue weighted by atomic mass is 9.97. The summed E-state index contributed by atoms with van der Waals surface area (Å²) < 4.78 is 1.66. The number of aryl methyl sites for hydroxylation is 3. The van der Waals surface area contributed by atoms with Crippen LogP contribution in [0.4, 0.5) is 0 Å². The molecule has 0 amide bonds. The summed E-state index contributed by atoms with van der Waals surface area (Å²) in [6.45, 7) is 2.17. The molecule has 3 aromatic rings. The molecule has 0 saturated heterocycles. The molecular weight excluding hydrogens is 336 g/mol. The number of carboxylic acids is 1. The van der Waals surface area contributed by atoms with Crippen molar-refractivity contribution in [1.82, 2.24) is 9.55 Å². The molecule has 0 aliphatic heterocycles. The normalized spacial score (nSPS) is 13.8. The van der Waals surface area contributed by atoms with Gasteiger partial charge in [0.1, 0.15) is 10.7 Å². The lowest BCUT2D eigenvalue weighted by molar-refractivity contribution is 0.0696. The van der Waals surface area contributed by atoms with Crippen LogP contribution in [0.25, 0.3) is 10.2 Å². The van der Waals surface area contributed by atoms with E-state index in [2.05, 4.69) is 4.98 Å². The fourth-order valence-electron chi connectivity index (χ4n) is 3.51. The predicted octanol–water partition coefficient (Wildman–Crippen LogP) is 3.39. The third-order valence-electron chi connectivity index (χ3n) is 4.78. The van der Waals surface area contributed by atoms with Gasteiger partial charge in [0.25, 0.3) is 5.56 Å². The minimum Gasteiger partial charge on any atom is -0.478 e. The highest BCUT2D eigenvalue weighted by Gasteiger charge is 2.21. The highest BCUT2D eigenvalue weighted by atomic mass is 32.1. The molecule has 1 aliphatic carbocycles. The average molecular weight is 354 g/mol. The second kappa shape index (κ2) is 6.11. The van der Waals surface area contributed by atoms with Crippen LogP contribution in [0.5, 0.6) is 0 Å². The van der Waals surface area contributed by atoms with Crippen molar-refractivity contribution in [3.05, 3.63) is 62.0 Å². The van der Waals surface area contributed by atoms with Crippen molar-refractivity contribution < 1.29 is 9.90 Å². The van der Waals surface area contributed by atoms with Gasteiger partial charge in [-0.15, -0.1) is 11.3 Å². The minimum atomic E-state index is -0.966. The van der Waals surface area contributed by atoms with Crippen molar-refractivity contribution in [1.29, 1.82) is 0 Å². The third kappa shape index (κ3) is 2.76. The van der Waals surface area contributed by atoms with Gasteiger partial charge in [0.05, 0.1) is 17.5 Å². The molecule has 0 spiro atoms. The van der Waals surface area contributed by atoms with Crippen molar-refractivity contribution in [2.24, 2.45) is 0 Å². The van der Waals surface area contributed by atoms with Gasteiger partial charge in [-0.2, -0.15) is 0 Å². The van der Waals surface area contributed by atoms with E-state index in [9.17, 15) is 9.59 Å². The van der Waals surface area contributed by atoms with Crippen LogP contribution in [-0.2, 0) is 19.4 Å². The Labute approximate surface area is 148 Å². The second-order valence-corrected chi connectivity index (χ2v) is 7.53. The average Bonchev–Trinajstić information content (AvgIpc) is 2.97. The van der Waals surface area contributed by atoms with Gasteiger partial charge >= 0.3 is 5.97 Å². The zero-order valence-electron chi connectivity index (χ0n) is 13.9. The molecule has 25 heavy (non-hydrogen) atoms. The maximum Gasteiger partial charge on any atom is 0.335 e. The van der Waals surface area contributed by atoms with Crippen LogP contribution in [0, 0.1) is 6.92 Å². The molecule has 0 radical (unpaired) electrons. The first-order valence-corrected chi connectivity index (χ1v) is 9.20. The zero-order chi connectivity index (χ0) is 17.6. The van der Waals surface area contributed by atoms with Crippen molar-refractivity contribution in [3.63, 3.8) is 0 Å². The Morgan fingerprint density at radius 3 is 2.92 bits per heavy atom. The Hall–Kier alpha value is -2.47. The van der Waals surface area contributed by atoms with Gasteiger partial charge in [0.15, 0.2) is 0 Å². The number of carboxylic acid groups (broad SMARTS) is 1. The highest BCUT2D eigenvalue weighted by molar-refractivity contribution is 7.18. The summed E-state index contributed by atoms with van der Waals surface area (Å²) in [6.07, 6.45) is 4.28. The molecule has 0 bridgehead atoms. The summed E-state index contributed by atoms with van der Waals surface area (Å²) in [5.74, 6) is -0.303. The summed E-state index contributed by atoms with van der Waals surface area (Å²) >= 11 is 1.65. The SMILES string of the molecule is Cc1nc2sc3c(c2c(=O)n1Cc1cccc(C(=O)O)c1)CCCC3. The Kier molecular flexibility index (Phi) is 3.92. The summed E-state index contributed by atoms with van der Waals surface area (Å²) in [7, 11) is 0. The summed E-state index contributed by atoms with van der Waals surface area (Å²) in [5.41, 5.74) is 2.18. The molecule has 1 N–H and O–H groups in total. The number of aromatic carboxylic acids is 1. The molecule has 0 saturated carbocycles. The molecule has 1 aliphatic rings. The number of rotatable bonds is 3. The second-order valence-electron chi connectivity index (χ2n) is 6.45. The molecule has 128 valence electrons. The smallest absolute Gasteiger partial charge is 0.335 e. The van der Waals surface area contributed by atoms with Gasteiger partial charge in [-0.05, 0) is 55.9 Å². The maximum absolute atomic E-state index is 13.1. The van der Waals surface area contributed by atoms with E-state index in [1.165, 1.54) is 16.9 Å². The van der Waals surface area contributed by atoms with E-state index in [4.69, 9.17) is 5.11 Å². The maximum atomic E-state index is 13.1. The third-order valence-corrected chi connectivity index (χ3v) is 5.97. The molecule has 0 fully saturated rings. The summed E-state index contributed by atoms with van der Waals surface area (Å²) in [4.78, 5) is 31.1. The highest BCUT2D eigenvalue weighted by Crippen LogP contribution is 2.33. The molecular formula is C19H18N2O3S. The minimum absolute atomic E-state index is 0.0115. The van der Waals surface area contributed by atoms with Crippen molar-refractivity contribution >= 4 is 27.5 Å². The van der Waals surface area contributed by atoms with Gasteiger partial charge in [-0.1, -0.05) is 12.1 Å². The molecule has 5 nitrogen and oxygen atoms in total. The van der Waals surface area contributed by atoms with Gasteiger partial charge in [-0.3, -0.25) is 9.36 Å². The van der Waals surface area contributed by atoms with Crippen LogP contribution in [0.15, 0.2) is 29.1 Å². The Bertz CT molecular complexity index is 1050. The van der Waals surface area contributed by atoms with E-state index in [-0.39, 0.29) is 11.1 Å². The molecule has 0 atom stereocenters. The number of fused-ring (bicyclic) bond motifs is 3. The van der Waals surface area contributed by atoms with Gasteiger partial charge in [0, 0.05) is 4.88 Å². The van der Waals surface area contributed by atoms with Gasteiger partial charge in [-0.25, -0.2) is 9.78 Å². The standard InChI is InChI=1S/C19H18N2O3S/c1-11-20-17-16(14-7-2-3-8-15(14)25-17)18(22)21(11)10-12-5-4-6-13(9-12)19(23)24/h4-6,9H,2-3,7-8,10H2,1H3,(H,23,24). The van der Waals surface area contributed by atoms with Crippen molar-refractivity contribution in [2.75, 3.05) is 0 Å². The molecule has 1 aromatic carbocycles. The zero-order valence-corrected chi connectivity index (χ0v) is 14.7. The van der Waals surface area contributed by atoms with Crippen LogP contribution in [0.2, 0.25) is 0 Å². The number of thiophene rings is 1. The summed E-state index contributed by atoms with van der Waals surface area (Å²) in [6, 6.07) is 6.71. The van der Waals surface area contributed by atoms with E-state index in [0.717, 1.165) is 35.0 Å². The van der Waals surface area contributed by atoms with E-state index in [0.29, 0.717) is 12.4 Å². The number of aromatic nitrogens is 2. The Balaban J connectivity index is 1.83. The van der Waals surface area contributed by atoms with Gasteiger partial charge in [0.2, 0.25) is 0 Å². The molecule has 6 heteroatoms. The number of nitrogens with zero attached hydrogens (tertiary/aromatic N) is 2. The largest absolute Gasteiger partial charge is 0.478 e. The fourth-order valence-corrected chi connectivity index (χ4v) is 4.81. The van der Waals surface area contributed by atoms with E-state index >= 15 is 0 Å². The van der Waals surface area contributed by atoms with E-state index in [1.807, 2.05) is 13.0 Å². The number of benzene rings is 1. The van der Waals surface area contributed by atoms with Crippen LogP contribution >= 0.6 is 11.3 Å². The quantitative estimate of drug-likeness (QED) is 0.782. The lowest BCUT2D eigenvalue weighted by Crippen LogP contribution is -2.25. The Morgan fingerprint density at radius 1 is 1.32 bits per heavy atom. The monoisotopic (exact) mass is 354 g/mol. The van der Waals surface area contributed by atoms with Crippen LogP contribution in [-0.4, -0.2) is 20.6 Å². The molecule has 0 unspecified atom stereocenters. The topological polar surface area (TPSA) is 72.2 Å². The summed E-state index contributed by atoms with van der Waals surface area (Å²) in [5, 5.41) is 9.91. The van der Waals surface area contributed by atoms with E-state index < -0.39 is 5.97 Å². The first kappa shape index (κ1) is 16.0. The number of hydrogen-bond donors (Lipinski definition) is 1. The van der Waals surface area contributed by atoms with Crippen LogP contribution in [0.3, 0.4) is 0 Å². The first-order valence-electron chi connectivity index (χ1n) is 8.38. The van der Waals surface area contributed by atoms with Crippen LogP contribution < -0.4 is 5.56 Å². The molecule has 2 heterocycles. The first-order chi connectivity index (χ1) is 12.0. The number of carbonyl (C=O) groups is 1. The van der Waals surface area contributed by atoms with Crippen molar-refractivity contribution in [3.8, 4) is 0 Å². The van der Waals surface area contributed by atoms with E-state index in [1.54, 1.807) is 34.1 Å². The van der Waals surface area contributed by atoms with Crippen molar-refractivity contribution in [2.45, 2.75) is 39.2 Å². The Morgan fingerprint density at radius 2 is 2.12 bits per heavy atom. The predicted molar refractivity (Wildman–Crippen MR) is 97.8 cm³/mol. The van der Waals surface area contributed by atoms with Crippen LogP contribution in [0.1, 0.15) is 45.0 Å². The fraction of sp³-hybridized carbons (Fsp3) is 0.316. The molecule has 2 aromatic heterocycles. The lowest BCUT2D eigenvalue weighted by Gasteiger charge is -2.12. The number of hydrogen-bond acceptors (Lipinski definition) is 4.